The maximum atomic E-state index is 7.75. The van der Waals surface area contributed by atoms with Gasteiger partial charge in [0.05, 0.1) is 15.8 Å². The van der Waals surface area contributed by atoms with Crippen molar-refractivity contribution in [3.8, 4) is 0 Å². The van der Waals surface area contributed by atoms with Crippen molar-refractivity contribution in [1.82, 2.24) is 0 Å². The molecule has 1 nitrogen and oxygen atoms in total. The van der Waals surface area contributed by atoms with Gasteiger partial charge in [-0.15, -0.1) is 0 Å². The molecule has 6 rings (SSSR count). The first-order valence-electron chi connectivity index (χ1n) is 13.2. The fraction of sp³-hybridized carbons (Fsp3) is 0. The van der Waals surface area contributed by atoms with Crippen molar-refractivity contribution in [2.24, 2.45) is 0 Å². The fourth-order valence-corrected chi connectivity index (χ4v) is 9.78. The van der Waals surface area contributed by atoms with E-state index in [1.54, 1.807) is 0 Å². The van der Waals surface area contributed by atoms with Gasteiger partial charge in [-0.2, -0.15) is 0 Å². The molecule has 0 spiro atoms. The largest absolute Gasteiger partial charge is 3.00 e. The standard InChI is InChI=1S/2C18H15P.CHO.3ClH.Rh/c2*1-4-10-16(11-5-1)19(17-12-6-2-7-13-17)18-14-8-3-9-15-18;1-2;;;;/h2*1-15H;1H;3*1H;/q;;-1;;;;+3/p-1. The maximum Gasteiger partial charge on any atom is 3.00 e. The van der Waals surface area contributed by atoms with Gasteiger partial charge >= 0.3 is 19.5 Å². The zero-order chi connectivity index (χ0) is 27.8. The van der Waals surface area contributed by atoms with Crippen molar-refractivity contribution in [3.63, 3.8) is 0 Å². The van der Waals surface area contributed by atoms with E-state index in [-0.39, 0.29) is 56.7 Å². The van der Waals surface area contributed by atoms with Gasteiger partial charge in [0.25, 0.3) is 0 Å². The van der Waals surface area contributed by atoms with E-state index in [0.717, 1.165) is 0 Å². The number of carbonyl (C=O) groups excluding carboxylic acids is 1. The Kier molecular flexibility index (Phi) is 22.3. The fourth-order valence-electron chi connectivity index (χ4n) is 4.63. The molecule has 0 atom stereocenters. The summed E-state index contributed by atoms with van der Waals surface area (Å²) in [6.45, 7) is 3.25. The molecule has 6 aromatic rings. The van der Waals surface area contributed by atoms with Gasteiger partial charge < -0.3 is 42.0 Å². The molecular formula is C37H33Cl3OP2Rh+. The van der Waals surface area contributed by atoms with Crippen LogP contribution in [0, 0.1) is 0 Å². The predicted molar refractivity (Wildman–Crippen MR) is 180 cm³/mol. The molecule has 6 aromatic carbocycles. The third kappa shape index (κ3) is 12.0. The molecule has 0 aliphatic heterocycles. The molecule has 0 aliphatic rings. The molecule has 0 heterocycles. The Bertz CT molecular complexity index is 1210. The summed E-state index contributed by atoms with van der Waals surface area (Å²) in [6, 6.07) is 65.0. The maximum absolute atomic E-state index is 7.75. The monoisotopic (exact) mass is 763 g/mol. The molecule has 0 bridgehead atoms. The Morgan fingerprint density at radius 2 is 0.386 bits per heavy atom. The topological polar surface area (TPSA) is 17.1 Å². The molecule has 0 N–H and O–H groups in total. The van der Waals surface area contributed by atoms with Gasteiger partial charge in [0, 0.05) is 0 Å². The minimum Gasteiger partial charge on any atom is -1.00 e. The summed E-state index contributed by atoms with van der Waals surface area (Å²) < 4.78 is 0. The van der Waals surface area contributed by atoms with E-state index in [1.807, 2.05) is 0 Å². The van der Waals surface area contributed by atoms with Crippen LogP contribution in [-0.4, -0.2) is 6.79 Å². The van der Waals surface area contributed by atoms with Gasteiger partial charge in [-0.05, 0) is 72.8 Å². The van der Waals surface area contributed by atoms with Crippen molar-refractivity contribution in [1.29, 1.82) is 0 Å². The number of halogens is 3. The van der Waals surface area contributed by atoms with Crippen LogP contribution in [0.4, 0.5) is 0 Å². The molecule has 226 valence electrons. The molecular weight excluding hydrogens is 732 g/mol. The van der Waals surface area contributed by atoms with Gasteiger partial charge in [0.1, 0.15) is 31.8 Å². The Morgan fingerprint density at radius 3 is 0.500 bits per heavy atom. The summed E-state index contributed by atoms with van der Waals surface area (Å²) in [7, 11) is -1.75. The summed E-state index contributed by atoms with van der Waals surface area (Å²) in [4.78, 5) is 7.75. The third-order valence-electron chi connectivity index (χ3n) is 6.37. The van der Waals surface area contributed by atoms with E-state index < -0.39 is 15.8 Å². The van der Waals surface area contributed by atoms with Crippen LogP contribution in [-0.2, 0) is 24.3 Å². The van der Waals surface area contributed by atoms with Crippen LogP contribution in [0.1, 0.15) is 0 Å². The Labute approximate surface area is 296 Å². The number of benzene rings is 6. The number of hydrogen-bond acceptors (Lipinski definition) is 1. The summed E-state index contributed by atoms with van der Waals surface area (Å²) in [5.74, 6) is 0. The summed E-state index contributed by atoms with van der Waals surface area (Å²) in [6.07, 6.45) is 0. The average molecular weight is 765 g/mol. The Morgan fingerprint density at radius 1 is 0.273 bits per heavy atom. The van der Waals surface area contributed by atoms with E-state index in [0.29, 0.717) is 0 Å². The first kappa shape index (κ1) is 41.3. The molecule has 7 heteroatoms. The molecule has 0 saturated carbocycles. The average Bonchev–Trinajstić information content (AvgIpc) is 3.06. The quantitative estimate of drug-likeness (QED) is 0.0771. The summed E-state index contributed by atoms with van der Waals surface area (Å²) in [5.41, 5.74) is 0. The molecule has 0 aromatic heterocycles. The predicted octanol–water partition coefficient (Wildman–Crippen LogP) is -2.91. The van der Waals surface area contributed by atoms with Crippen molar-refractivity contribution < 1.29 is 61.5 Å². The van der Waals surface area contributed by atoms with Crippen molar-refractivity contribution in [2.75, 3.05) is 0 Å². The third-order valence-corrected chi connectivity index (χ3v) is 11.8. The van der Waals surface area contributed by atoms with Crippen LogP contribution >= 0.6 is 15.8 Å². The molecule has 0 saturated heterocycles. The minimum absolute atomic E-state index is 0. The molecule has 0 unspecified atom stereocenters. The second-order valence-electron chi connectivity index (χ2n) is 8.95. The van der Waals surface area contributed by atoms with Gasteiger partial charge in [0.15, 0.2) is 0 Å². The second-order valence-corrected chi connectivity index (χ2v) is 13.9. The molecule has 44 heavy (non-hydrogen) atoms. The van der Waals surface area contributed by atoms with Gasteiger partial charge in [-0.3, -0.25) is 6.79 Å². The van der Waals surface area contributed by atoms with E-state index >= 15 is 0 Å². The van der Waals surface area contributed by atoms with Crippen LogP contribution in [0.5, 0.6) is 0 Å². The Hall–Kier alpha value is -2.66. The van der Waals surface area contributed by atoms with E-state index in [4.69, 9.17) is 4.79 Å². The van der Waals surface area contributed by atoms with Crippen LogP contribution < -0.4 is 69.0 Å². The van der Waals surface area contributed by atoms with Gasteiger partial charge in [-0.1, -0.05) is 109 Å². The summed E-state index contributed by atoms with van der Waals surface area (Å²) in [5, 5.41) is 8.61. The normalized spacial score (nSPS) is 9.23. The van der Waals surface area contributed by atoms with E-state index in [9.17, 15) is 0 Å². The van der Waals surface area contributed by atoms with E-state index in [2.05, 4.69) is 189 Å². The number of hydrogen-bond donors (Lipinski definition) is 0. The Balaban J connectivity index is 0.000000733. The zero-order valence-corrected chi connectivity index (χ0v) is 29.7. The first-order valence-corrected chi connectivity index (χ1v) is 16.2. The molecule has 0 amide bonds. The molecule has 0 aliphatic carbocycles. The number of rotatable bonds is 6. The van der Waals surface area contributed by atoms with Crippen molar-refractivity contribution in [2.45, 2.75) is 0 Å². The SMILES string of the molecule is [CH-]=O.[Cl-].[Cl-].[Cl-].[Rh+3].c1ccc([PH+](c2ccccc2)c2ccccc2)cc1.c1ccc([PH+](c2ccccc2)c2ccccc2)cc1. The van der Waals surface area contributed by atoms with Crippen LogP contribution in [0.3, 0.4) is 0 Å². The smallest absolute Gasteiger partial charge is 1.00 e. The molecule has 0 fully saturated rings. The zero-order valence-electron chi connectivity index (χ0n) is 23.8. The van der Waals surface area contributed by atoms with Crippen molar-refractivity contribution in [3.05, 3.63) is 182 Å². The van der Waals surface area contributed by atoms with Gasteiger partial charge in [0.2, 0.25) is 0 Å². The molecule has 0 radical (unpaired) electrons. The van der Waals surface area contributed by atoms with Crippen molar-refractivity contribution >= 4 is 54.5 Å². The first-order chi connectivity index (χ1) is 19.9. The van der Waals surface area contributed by atoms with Crippen LogP contribution in [0.15, 0.2) is 182 Å². The van der Waals surface area contributed by atoms with Crippen LogP contribution in [0.25, 0.3) is 0 Å². The minimum atomic E-state index is -0.877. The van der Waals surface area contributed by atoms with E-state index in [1.165, 1.54) is 31.8 Å². The van der Waals surface area contributed by atoms with Gasteiger partial charge in [-0.25, -0.2) is 0 Å². The second kappa shape index (κ2) is 23.7. The van der Waals surface area contributed by atoms with Crippen LogP contribution in [0.2, 0.25) is 0 Å². The summed E-state index contributed by atoms with van der Waals surface area (Å²) >= 11 is 0.